The van der Waals surface area contributed by atoms with E-state index in [1.165, 1.54) is 0 Å². The first-order chi connectivity index (χ1) is 11.0. The summed E-state index contributed by atoms with van der Waals surface area (Å²) in [4.78, 5) is 17.4. The first kappa shape index (κ1) is 15.7. The van der Waals surface area contributed by atoms with Gasteiger partial charge in [0.25, 0.3) is 5.91 Å². The fourth-order valence-corrected chi connectivity index (χ4v) is 3.23. The molecule has 2 aromatic heterocycles. The van der Waals surface area contributed by atoms with Crippen LogP contribution in [0.5, 0.6) is 0 Å². The van der Waals surface area contributed by atoms with Crippen molar-refractivity contribution in [2.75, 3.05) is 5.32 Å². The monoisotopic (exact) mass is 371 g/mol. The lowest BCUT2D eigenvalue weighted by atomic mass is 10.2. The van der Waals surface area contributed by atoms with E-state index in [0.717, 1.165) is 32.6 Å². The Kier molecular flexibility index (Phi) is 4.22. The largest absolute Gasteiger partial charge is 0.321 e. The van der Waals surface area contributed by atoms with Crippen LogP contribution in [0.1, 0.15) is 34.2 Å². The van der Waals surface area contributed by atoms with Gasteiger partial charge in [0.15, 0.2) is 5.65 Å². The van der Waals surface area contributed by atoms with Crippen LogP contribution in [0.25, 0.3) is 5.65 Å². The summed E-state index contributed by atoms with van der Waals surface area (Å²) >= 11 is 3.53. The van der Waals surface area contributed by atoms with E-state index >= 15 is 0 Å². The molecule has 0 aliphatic heterocycles. The molecule has 0 aliphatic rings. The van der Waals surface area contributed by atoms with Crippen LogP contribution in [-0.2, 0) is 6.42 Å². The zero-order chi connectivity index (χ0) is 16.6. The molecule has 4 nitrogen and oxygen atoms in total. The Balaban J connectivity index is 2.07. The van der Waals surface area contributed by atoms with E-state index in [0.29, 0.717) is 12.1 Å². The summed E-state index contributed by atoms with van der Waals surface area (Å²) in [5.74, 6) is -0.143. The molecule has 5 heteroatoms. The summed E-state index contributed by atoms with van der Waals surface area (Å²) in [5.41, 5.74) is 5.15. The van der Waals surface area contributed by atoms with E-state index in [-0.39, 0.29) is 5.91 Å². The number of hydrogen-bond donors (Lipinski definition) is 1. The van der Waals surface area contributed by atoms with Crippen molar-refractivity contribution in [3.05, 3.63) is 63.5 Å². The average Bonchev–Trinajstić information content (AvgIpc) is 2.88. The van der Waals surface area contributed by atoms with Gasteiger partial charge in [-0.05, 0) is 60.0 Å². The Morgan fingerprint density at radius 3 is 2.57 bits per heavy atom. The van der Waals surface area contributed by atoms with Crippen molar-refractivity contribution in [3.63, 3.8) is 0 Å². The maximum atomic E-state index is 12.8. The molecule has 23 heavy (non-hydrogen) atoms. The first-order valence-corrected chi connectivity index (χ1v) is 8.34. The highest BCUT2D eigenvalue weighted by Gasteiger charge is 2.20. The lowest BCUT2D eigenvalue weighted by Crippen LogP contribution is -2.16. The minimum atomic E-state index is -0.143. The molecule has 0 spiro atoms. The van der Waals surface area contributed by atoms with Crippen LogP contribution < -0.4 is 5.32 Å². The number of fused-ring (bicyclic) bond motifs is 1. The van der Waals surface area contributed by atoms with Crippen molar-refractivity contribution in [2.24, 2.45) is 0 Å². The molecule has 3 aromatic rings. The molecule has 0 atom stereocenters. The molecule has 2 heterocycles. The van der Waals surface area contributed by atoms with Crippen molar-refractivity contribution in [1.29, 1.82) is 0 Å². The second-order valence-electron chi connectivity index (χ2n) is 5.64. The van der Waals surface area contributed by atoms with Crippen LogP contribution in [0.15, 0.2) is 41.0 Å². The number of aryl methyl sites for hydroxylation is 3. The molecule has 0 saturated heterocycles. The van der Waals surface area contributed by atoms with E-state index in [1.807, 2.05) is 61.7 Å². The molecule has 1 N–H and O–H groups in total. The van der Waals surface area contributed by atoms with Gasteiger partial charge in [-0.1, -0.05) is 24.6 Å². The van der Waals surface area contributed by atoms with Gasteiger partial charge in [-0.25, -0.2) is 4.98 Å². The Morgan fingerprint density at radius 1 is 1.22 bits per heavy atom. The number of amides is 1. The quantitative estimate of drug-likeness (QED) is 0.734. The molecule has 0 bridgehead atoms. The fourth-order valence-electron chi connectivity index (χ4n) is 2.59. The average molecular weight is 372 g/mol. The number of nitrogens with one attached hydrogen (secondary N) is 1. The van der Waals surface area contributed by atoms with Crippen LogP contribution in [-0.4, -0.2) is 15.3 Å². The molecule has 0 unspecified atom stereocenters. The normalized spacial score (nSPS) is 11.0. The number of rotatable bonds is 3. The third-order valence-electron chi connectivity index (χ3n) is 3.74. The van der Waals surface area contributed by atoms with Gasteiger partial charge in [0.2, 0.25) is 0 Å². The number of anilines is 1. The van der Waals surface area contributed by atoms with Gasteiger partial charge < -0.3 is 5.32 Å². The lowest BCUT2D eigenvalue weighted by Gasteiger charge is -2.08. The minimum absolute atomic E-state index is 0.143. The summed E-state index contributed by atoms with van der Waals surface area (Å²) < 4.78 is 2.75. The highest BCUT2D eigenvalue weighted by Crippen LogP contribution is 2.23. The summed E-state index contributed by atoms with van der Waals surface area (Å²) in [6, 6.07) is 9.77. The Hall–Kier alpha value is -2.14. The molecule has 3 rings (SSSR count). The Labute approximate surface area is 143 Å². The number of halogens is 1. The zero-order valence-electron chi connectivity index (χ0n) is 13.4. The number of pyridine rings is 1. The van der Waals surface area contributed by atoms with Crippen LogP contribution in [0.4, 0.5) is 5.69 Å². The van der Waals surface area contributed by atoms with Crippen LogP contribution in [0.2, 0.25) is 0 Å². The van der Waals surface area contributed by atoms with Crippen molar-refractivity contribution in [1.82, 2.24) is 9.38 Å². The zero-order valence-corrected chi connectivity index (χ0v) is 14.9. The molecule has 0 radical (unpaired) electrons. The van der Waals surface area contributed by atoms with E-state index < -0.39 is 0 Å². The van der Waals surface area contributed by atoms with Crippen molar-refractivity contribution < 1.29 is 4.79 Å². The fraction of sp³-hybridized carbons (Fsp3) is 0.222. The highest BCUT2D eigenvalue weighted by atomic mass is 79.9. The number of benzene rings is 1. The smallest absolute Gasteiger partial charge is 0.274 e. The van der Waals surface area contributed by atoms with Crippen LogP contribution in [0.3, 0.4) is 0 Å². The lowest BCUT2D eigenvalue weighted by molar-refractivity contribution is 0.102. The molecule has 118 valence electrons. The Morgan fingerprint density at radius 2 is 1.91 bits per heavy atom. The predicted octanol–water partition coefficient (Wildman–Crippen LogP) is 4.53. The van der Waals surface area contributed by atoms with Gasteiger partial charge in [0.05, 0.1) is 10.2 Å². The van der Waals surface area contributed by atoms with E-state index in [2.05, 4.69) is 26.2 Å². The van der Waals surface area contributed by atoms with Gasteiger partial charge >= 0.3 is 0 Å². The third-order valence-corrected chi connectivity index (χ3v) is 4.33. The summed E-state index contributed by atoms with van der Waals surface area (Å²) in [7, 11) is 0. The molecule has 0 fully saturated rings. The van der Waals surface area contributed by atoms with Gasteiger partial charge in [-0.2, -0.15) is 0 Å². The molecule has 0 aliphatic carbocycles. The van der Waals surface area contributed by atoms with Crippen molar-refractivity contribution in [2.45, 2.75) is 27.2 Å². The van der Waals surface area contributed by atoms with Gasteiger partial charge in [-0.3, -0.25) is 9.20 Å². The molecule has 0 saturated carbocycles. The number of aromatic nitrogens is 2. The van der Waals surface area contributed by atoms with E-state index in [1.54, 1.807) is 0 Å². The maximum Gasteiger partial charge on any atom is 0.274 e. The molecule has 1 amide bonds. The van der Waals surface area contributed by atoms with E-state index in [4.69, 9.17) is 0 Å². The number of nitrogens with zero attached hydrogens (tertiary/aromatic N) is 2. The van der Waals surface area contributed by atoms with Crippen LogP contribution in [0, 0.1) is 13.8 Å². The summed E-state index contributed by atoms with van der Waals surface area (Å²) in [6.45, 7) is 6.02. The van der Waals surface area contributed by atoms with Gasteiger partial charge in [-0.15, -0.1) is 0 Å². The second kappa shape index (κ2) is 6.16. The van der Waals surface area contributed by atoms with Gasteiger partial charge in [0.1, 0.15) is 5.69 Å². The number of carbonyl (C=O) groups excluding carboxylic acids is 1. The first-order valence-electron chi connectivity index (χ1n) is 7.54. The molecular formula is C18H18BrN3O. The van der Waals surface area contributed by atoms with Crippen molar-refractivity contribution >= 4 is 33.2 Å². The Bertz CT molecular complexity index is 881. The predicted molar refractivity (Wildman–Crippen MR) is 96.1 cm³/mol. The minimum Gasteiger partial charge on any atom is -0.321 e. The van der Waals surface area contributed by atoms with Crippen molar-refractivity contribution in [3.8, 4) is 0 Å². The third kappa shape index (κ3) is 3.01. The highest BCUT2D eigenvalue weighted by molar-refractivity contribution is 9.10. The standard InChI is InChI=1S/C18H18BrN3O/c1-4-15-16(18(23)20-13-7-5-11(2)6-8-13)22-10-12(3)9-14(19)17(22)21-15/h5-10H,4H2,1-3H3,(H,20,23). The number of carbonyl (C=O) groups is 1. The molecular weight excluding hydrogens is 354 g/mol. The topological polar surface area (TPSA) is 46.4 Å². The summed E-state index contributed by atoms with van der Waals surface area (Å²) in [5, 5.41) is 2.96. The number of imidazole rings is 1. The number of hydrogen-bond acceptors (Lipinski definition) is 2. The van der Waals surface area contributed by atoms with Gasteiger partial charge in [0, 0.05) is 11.9 Å². The second-order valence-corrected chi connectivity index (χ2v) is 6.49. The summed E-state index contributed by atoms with van der Waals surface area (Å²) in [6.07, 6.45) is 2.64. The van der Waals surface area contributed by atoms with Crippen LogP contribution >= 0.6 is 15.9 Å². The maximum absolute atomic E-state index is 12.8. The van der Waals surface area contributed by atoms with E-state index in [9.17, 15) is 4.79 Å². The molecule has 1 aromatic carbocycles. The SMILES string of the molecule is CCc1nc2c(Br)cc(C)cn2c1C(=O)Nc1ccc(C)cc1.